The first kappa shape index (κ1) is 13.8. The van der Waals surface area contributed by atoms with E-state index in [0.29, 0.717) is 23.9 Å². The molecule has 6 heteroatoms. The largest absolute Gasteiger partial charge is 0.357 e. The summed E-state index contributed by atoms with van der Waals surface area (Å²) in [5, 5.41) is 3.01. The lowest BCUT2D eigenvalue weighted by atomic mass is 9.92. The minimum absolute atomic E-state index is 0.468. The van der Waals surface area contributed by atoms with Gasteiger partial charge in [0.05, 0.1) is 0 Å². The molecule has 0 aliphatic carbocycles. The lowest BCUT2D eigenvalue weighted by Gasteiger charge is -2.38. The van der Waals surface area contributed by atoms with Crippen LogP contribution in [0.15, 0.2) is 0 Å². The maximum atomic E-state index is 4.58. The predicted molar refractivity (Wildman–Crippen MR) is 78.9 cm³/mol. The highest BCUT2D eigenvalue weighted by Crippen LogP contribution is 2.27. The second-order valence-electron chi connectivity index (χ2n) is 5.46. The van der Waals surface area contributed by atoms with Crippen molar-refractivity contribution in [2.45, 2.75) is 32.7 Å². The van der Waals surface area contributed by atoms with Crippen LogP contribution in [0.25, 0.3) is 0 Å². The molecule has 106 valence electrons. The Balaban J connectivity index is 2.34. The fourth-order valence-electron chi connectivity index (χ4n) is 2.41. The van der Waals surface area contributed by atoms with Crippen LogP contribution in [0.2, 0.25) is 0 Å². The number of hydrogen-bond acceptors (Lipinski definition) is 6. The Labute approximate surface area is 115 Å². The minimum Gasteiger partial charge on any atom is -0.357 e. The molecule has 1 saturated heterocycles. The maximum Gasteiger partial charge on any atom is 0.232 e. The quantitative estimate of drug-likeness (QED) is 0.895. The van der Waals surface area contributed by atoms with E-state index in [4.69, 9.17) is 0 Å². The van der Waals surface area contributed by atoms with Crippen molar-refractivity contribution in [1.82, 2.24) is 15.0 Å². The number of anilines is 3. The van der Waals surface area contributed by atoms with Gasteiger partial charge in [0.25, 0.3) is 0 Å². The number of piperidine rings is 1. The fraction of sp³-hybridized carbons (Fsp3) is 0.769. The lowest BCUT2D eigenvalue weighted by Crippen LogP contribution is -2.43. The number of nitrogens with zero attached hydrogens (tertiary/aromatic N) is 5. The molecule has 0 bridgehead atoms. The summed E-state index contributed by atoms with van der Waals surface area (Å²) >= 11 is 0. The number of hydrogen-bond donors (Lipinski definition) is 1. The van der Waals surface area contributed by atoms with Crippen LogP contribution in [0.4, 0.5) is 17.8 Å². The van der Waals surface area contributed by atoms with Gasteiger partial charge in [0.15, 0.2) is 0 Å². The van der Waals surface area contributed by atoms with Crippen molar-refractivity contribution in [1.29, 1.82) is 0 Å². The molecule has 2 unspecified atom stereocenters. The van der Waals surface area contributed by atoms with Gasteiger partial charge in [-0.05, 0) is 25.7 Å². The summed E-state index contributed by atoms with van der Waals surface area (Å²) in [5.74, 6) is 2.77. The first-order chi connectivity index (χ1) is 9.02. The van der Waals surface area contributed by atoms with Crippen LogP contribution in [0.5, 0.6) is 0 Å². The highest BCUT2D eigenvalue weighted by atomic mass is 15.4. The third-order valence-electron chi connectivity index (χ3n) is 3.87. The van der Waals surface area contributed by atoms with Crippen LogP contribution in [0, 0.1) is 5.92 Å². The van der Waals surface area contributed by atoms with Gasteiger partial charge >= 0.3 is 0 Å². The predicted octanol–water partition coefficient (Wildman–Crippen LogP) is 1.60. The van der Waals surface area contributed by atoms with Crippen molar-refractivity contribution in [3.05, 3.63) is 0 Å². The standard InChI is InChI=1S/C13H24N6/c1-9-7-6-8-19(10(9)2)13-16-11(14-3)15-12(17-13)18(4)5/h9-10H,6-8H2,1-5H3,(H,14,15,16,17). The van der Waals surface area contributed by atoms with E-state index < -0.39 is 0 Å². The summed E-state index contributed by atoms with van der Waals surface area (Å²) in [5.41, 5.74) is 0. The van der Waals surface area contributed by atoms with Crippen LogP contribution in [0.1, 0.15) is 26.7 Å². The summed E-state index contributed by atoms with van der Waals surface area (Å²) < 4.78 is 0. The Morgan fingerprint density at radius 1 is 1.21 bits per heavy atom. The van der Waals surface area contributed by atoms with Crippen molar-refractivity contribution < 1.29 is 0 Å². The average Bonchev–Trinajstić information content (AvgIpc) is 2.41. The van der Waals surface area contributed by atoms with E-state index >= 15 is 0 Å². The molecule has 2 heterocycles. The van der Waals surface area contributed by atoms with E-state index in [1.165, 1.54) is 12.8 Å². The number of aromatic nitrogens is 3. The topological polar surface area (TPSA) is 57.2 Å². The van der Waals surface area contributed by atoms with E-state index in [1.54, 1.807) is 0 Å². The third-order valence-corrected chi connectivity index (χ3v) is 3.87. The molecule has 1 fully saturated rings. The molecule has 1 aliphatic heterocycles. The van der Waals surface area contributed by atoms with Gasteiger partial charge in [-0.1, -0.05) is 6.92 Å². The Kier molecular flexibility index (Phi) is 4.07. The van der Waals surface area contributed by atoms with Gasteiger partial charge in [0.2, 0.25) is 17.8 Å². The van der Waals surface area contributed by atoms with Crippen molar-refractivity contribution in [2.75, 3.05) is 42.8 Å². The number of rotatable bonds is 3. The molecule has 1 aliphatic rings. The molecule has 1 aromatic rings. The highest BCUT2D eigenvalue weighted by Gasteiger charge is 2.27. The molecule has 2 atom stereocenters. The zero-order valence-corrected chi connectivity index (χ0v) is 12.5. The zero-order chi connectivity index (χ0) is 14.0. The van der Waals surface area contributed by atoms with E-state index in [-0.39, 0.29) is 0 Å². The van der Waals surface area contributed by atoms with Crippen molar-refractivity contribution in [3.63, 3.8) is 0 Å². The van der Waals surface area contributed by atoms with Gasteiger partial charge in [0.1, 0.15) is 0 Å². The van der Waals surface area contributed by atoms with E-state index in [0.717, 1.165) is 12.5 Å². The van der Waals surface area contributed by atoms with Crippen LogP contribution in [0.3, 0.4) is 0 Å². The molecule has 1 N–H and O–H groups in total. The first-order valence-corrected chi connectivity index (χ1v) is 6.90. The van der Waals surface area contributed by atoms with E-state index in [9.17, 15) is 0 Å². The van der Waals surface area contributed by atoms with Gasteiger partial charge in [-0.3, -0.25) is 0 Å². The molecule has 19 heavy (non-hydrogen) atoms. The molecule has 0 amide bonds. The first-order valence-electron chi connectivity index (χ1n) is 6.90. The van der Waals surface area contributed by atoms with Crippen molar-refractivity contribution in [2.24, 2.45) is 5.92 Å². The zero-order valence-electron chi connectivity index (χ0n) is 12.5. The summed E-state index contributed by atoms with van der Waals surface area (Å²) in [6.45, 7) is 5.57. The van der Waals surface area contributed by atoms with Crippen molar-refractivity contribution in [3.8, 4) is 0 Å². The maximum absolute atomic E-state index is 4.58. The van der Waals surface area contributed by atoms with Crippen LogP contribution < -0.4 is 15.1 Å². The SMILES string of the molecule is CNc1nc(N(C)C)nc(N2CCCC(C)C2C)n1. The van der Waals surface area contributed by atoms with Crippen molar-refractivity contribution >= 4 is 17.8 Å². The summed E-state index contributed by atoms with van der Waals surface area (Å²) in [6, 6.07) is 0.468. The number of nitrogens with one attached hydrogen (secondary N) is 1. The van der Waals surface area contributed by atoms with E-state index in [2.05, 4.69) is 39.0 Å². The molecule has 0 spiro atoms. The summed E-state index contributed by atoms with van der Waals surface area (Å²) in [4.78, 5) is 17.6. The van der Waals surface area contributed by atoms with E-state index in [1.807, 2.05) is 26.0 Å². The second kappa shape index (κ2) is 5.59. The van der Waals surface area contributed by atoms with Gasteiger partial charge < -0.3 is 15.1 Å². The van der Waals surface area contributed by atoms with Crippen LogP contribution in [-0.4, -0.2) is 48.7 Å². The molecule has 6 nitrogen and oxygen atoms in total. The fourth-order valence-corrected chi connectivity index (χ4v) is 2.41. The second-order valence-corrected chi connectivity index (χ2v) is 5.46. The molecule has 1 aromatic heterocycles. The molecular weight excluding hydrogens is 240 g/mol. The van der Waals surface area contributed by atoms with Gasteiger partial charge in [-0.25, -0.2) is 0 Å². The molecular formula is C13H24N6. The van der Waals surface area contributed by atoms with Gasteiger partial charge in [-0.15, -0.1) is 0 Å². The van der Waals surface area contributed by atoms with Gasteiger partial charge in [0, 0.05) is 33.7 Å². The van der Waals surface area contributed by atoms with Crippen LogP contribution in [-0.2, 0) is 0 Å². The van der Waals surface area contributed by atoms with Gasteiger partial charge in [-0.2, -0.15) is 15.0 Å². The normalized spacial score (nSPS) is 23.3. The highest BCUT2D eigenvalue weighted by molar-refractivity contribution is 5.45. The Bertz CT molecular complexity index is 433. The third kappa shape index (κ3) is 2.88. The Hall–Kier alpha value is -1.59. The molecule has 0 radical (unpaired) electrons. The summed E-state index contributed by atoms with van der Waals surface area (Å²) in [6.07, 6.45) is 2.48. The average molecular weight is 264 g/mol. The molecule has 0 saturated carbocycles. The Morgan fingerprint density at radius 2 is 1.95 bits per heavy atom. The van der Waals surface area contributed by atoms with Crippen LogP contribution >= 0.6 is 0 Å². The minimum atomic E-state index is 0.468. The molecule has 2 rings (SSSR count). The molecule has 0 aromatic carbocycles. The Morgan fingerprint density at radius 3 is 2.58 bits per heavy atom. The monoisotopic (exact) mass is 264 g/mol. The lowest BCUT2D eigenvalue weighted by molar-refractivity contribution is 0.359. The smallest absolute Gasteiger partial charge is 0.232 e. The summed E-state index contributed by atoms with van der Waals surface area (Å²) in [7, 11) is 5.72.